The van der Waals surface area contributed by atoms with Crippen molar-refractivity contribution in [2.45, 2.75) is 6.92 Å². The summed E-state index contributed by atoms with van der Waals surface area (Å²) in [6, 6.07) is 1.42. The Hall–Kier alpha value is -1.57. The standard InChI is InChI=1S/C5H7N3O2/c1-2-7-5(9)4(3-6)8-10/h10H,2H2,1H3,(H,7,9)/b8-4-. The third kappa shape index (κ3) is 2.13. The predicted octanol–water partition coefficient (Wildman–Crippen LogP) is -0.524. The van der Waals surface area contributed by atoms with Crippen LogP contribution < -0.4 is 5.32 Å². The minimum atomic E-state index is -0.660. The maximum absolute atomic E-state index is 10.6. The fourth-order valence-corrected chi connectivity index (χ4v) is 0.363. The maximum atomic E-state index is 10.6. The third-order valence-electron chi connectivity index (χ3n) is 0.758. The minimum Gasteiger partial charge on any atom is -0.410 e. The van der Waals surface area contributed by atoms with Crippen LogP contribution in [0, 0.1) is 11.3 Å². The first-order valence-electron chi connectivity index (χ1n) is 2.66. The number of amides is 1. The monoisotopic (exact) mass is 141 g/mol. The SMILES string of the molecule is CCNC(=O)/C(C#N)=N\O. The summed E-state index contributed by atoms with van der Waals surface area (Å²) in [6.07, 6.45) is 0. The van der Waals surface area contributed by atoms with Crippen molar-refractivity contribution in [3.8, 4) is 6.07 Å². The van der Waals surface area contributed by atoms with Crippen LogP contribution >= 0.6 is 0 Å². The molecule has 0 bridgehead atoms. The molecule has 0 fully saturated rings. The highest BCUT2D eigenvalue weighted by atomic mass is 16.4. The largest absolute Gasteiger partial charge is 0.410 e. The van der Waals surface area contributed by atoms with Gasteiger partial charge in [0.2, 0.25) is 5.71 Å². The Balaban J connectivity index is 4.08. The lowest BCUT2D eigenvalue weighted by Crippen LogP contribution is -2.29. The fourth-order valence-electron chi connectivity index (χ4n) is 0.363. The number of rotatable bonds is 2. The van der Waals surface area contributed by atoms with Gasteiger partial charge in [-0.3, -0.25) is 4.79 Å². The second-order valence-electron chi connectivity index (χ2n) is 1.42. The molecule has 0 aromatic heterocycles. The molecule has 1 amide bonds. The molecule has 0 aromatic carbocycles. The van der Waals surface area contributed by atoms with E-state index < -0.39 is 11.6 Å². The second-order valence-corrected chi connectivity index (χ2v) is 1.42. The Morgan fingerprint density at radius 1 is 1.90 bits per heavy atom. The van der Waals surface area contributed by atoms with Crippen LogP contribution in [-0.4, -0.2) is 23.4 Å². The van der Waals surface area contributed by atoms with E-state index in [0.29, 0.717) is 6.54 Å². The van der Waals surface area contributed by atoms with E-state index in [0.717, 1.165) is 0 Å². The molecule has 0 aliphatic heterocycles. The molecular formula is C5H7N3O2. The van der Waals surface area contributed by atoms with Gasteiger partial charge in [0.1, 0.15) is 6.07 Å². The number of nitrogens with one attached hydrogen (secondary N) is 1. The first-order valence-corrected chi connectivity index (χ1v) is 2.66. The van der Waals surface area contributed by atoms with Crippen molar-refractivity contribution >= 4 is 11.6 Å². The first kappa shape index (κ1) is 8.43. The molecule has 10 heavy (non-hydrogen) atoms. The zero-order chi connectivity index (χ0) is 7.98. The summed E-state index contributed by atoms with van der Waals surface area (Å²) in [4.78, 5) is 10.6. The smallest absolute Gasteiger partial charge is 0.284 e. The lowest BCUT2D eigenvalue weighted by atomic mass is 10.4. The highest BCUT2D eigenvalue weighted by Crippen LogP contribution is 1.73. The number of oxime groups is 1. The van der Waals surface area contributed by atoms with Crippen molar-refractivity contribution < 1.29 is 10.0 Å². The van der Waals surface area contributed by atoms with E-state index >= 15 is 0 Å². The second kappa shape index (κ2) is 4.32. The van der Waals surface area contributed by atoms with Crippen LogP contribution in [0.2, 0.25) is 0 Å². The number of carbonyl (C=O) groups excluding carboxylic acids is 1. The van der Waals surface area contributed by atoms with Crippen molar-refractivity contribution in [3.63, 3.8) is 0 Å². The van der Waals surface area contributed by atoms with Crippen LogP contribution in [0.1, 0.15) is 6.92 Å². The average Bonchev–Trinajstić information content (AvgIpc) is 1.91. The Morgan fingerprint density at radius 3 is 2.80 bits per heavy atom. The molecule has 0 rings (SSSR count). The van der Waals surface area contributed by atoms with Crippen molar-refractivity contribution in [2.75, 3.05) is 6.54 Å². The molecule has 0 saturated heterocycles. The molecule has 0 aliphatic carbocycles. The molecule has 0 aromatic rings. The van der Waals surface area contributed by atoms with Crippen LogP contribution in [0.4, 0.5) is 0 Å². The van der Waals surface area contributed by atoms with Gasteiger partial charge in [-0.15, -0.1) is 0 Å². The van der Waals surface area contributed by atoms with E-state index in [2.05, 4.69) is 10.5 Å². The van der Waals surface area contributed by atoms with Gasteiger partial charge < -0.3 is 10.5 Å². The zero-order valence-corrected chi connectivity index (χ0v) is 5.46. The highest BCUT2D eigenvalue weighted by molar-refractivity contribution is 6.44. The van der Waals surface area contributed by atoms with E-state index in [1.807, 2.05) is 0 Å². The normalized spacial score (nSPS) is 10.2. The summed E-state index contributed by atoms with van der Waals surface area (Å²) in [6.45, 7) is 2.10. The van der Waals surface area contributed by atoms with E-state index in [4.69, 9.17) is 10.5 Å². The van der Waals surface area contributed by atoms with Gasteiger partial charge in [0, 0.05) is 6.54 Å². The van der Waals surface area contributed by atoms with Crippen LogP contribution in [-0.2, 0) is 4.79 Å². The Labute approximate surface area is 57.9 Å². The van der Waals surface area contributed by atoms with Crippen molar-refractivity contribution in [3.05, 3.63) is 0 Å². The molecule has 5 heteroatoms. The minimum absolute atomic E-state index is 0.402. The zero-order valence-electron chi connectivity index (χ0n) is 5.46. The number of nitriles is 1. The molecule has 0 radical (unpaired) electrons. The average molecular weight is 141 g/mol. The molecule has 0 heterocycles. The van der Waals surface area contributed by atoms with Crippen LogP contribution in [0.5, 0.6) is 0 Å². The van der Waals surface area contributed by atoms with Gasteiger partial charge in [-0.1, -0.05) is 5.16 Å². The van der Waals surface area contributed by atoms with Crippen LogP contribution in [0.15, 0.2) is 5.16 Å². The third-order valence-corrected chi connectivity index (χ3v) is 0.758. The molecular weight excluding hydrogens is 134 g/mol. The Kier molecular flexibility index (Phi) is 3.64. The quantitative estimate of drug-likeness (QED) is 0.308. The predicted molar refractivity (Wildman–Crippen MR) is 33.5 cm³/mol. The topological polar surface area (TPSA) is 85.5 Å². The number of hydrogen-bond donors (Lipinski definition) is 2. The first-order chi connectivity index (χ1) is 4.76. The van der Waals surface area contributed by atoms with E-state index in [9.17, 15) is 4.79 Å². The van der Waals surface area contributed by atoms with Gasteiger partial charge in [0.05, 0.1) is 0 Å². The molecule has 0 unspecified atom stereocenters. The molecule has 0 spiro atoms. The van der Waals surface area contributed by atoms with Crippen molar-refractivity contribution in [1.82, 2.24) is 5.32 Å². The lowest BCUT2D eigenvalue weighted by molar-refractivity contribution is -0.114. The summed E-state index contributed by atoms with van der Waals surface area (Å²) in [5.74, 6) is -0.660. The summed E-state index contributed by atoms with van der Waals surface area (Å²) in [5, 5.41) is 20.9. The van der Waals surface area contributed by atoms with Gasteiger partial charge in [-0.2, -0.15) is 5.26 Å². The lowest BCUT2D eigenvalue weighted by Gasteiger charge is -1.94. The fraction of sp³-hybridized carbons (Fsp3) is 0.400. The molecule has 5 nitrogen and oxygen atoms in total. The number of hydrogen-bond acceptors (Lipinski definition) is 4. The van der Waals surface area contributed by atoms with E-state index in [1.54, 1.807) is 6.92 Å². The number of carbonyl (C=O) groups is 1. The molecule has 54 valence electrons. The van der Waals surface area contributed by atoms with Gasteiger partial charge >= 0.3 is 0 Å². The van der Waals surface area contributed by atoms with Crippen molar-refractivity contribution in [2.24, 2.45) is 5.16 Å². The molecule has 2 N–H and O–H groups in total. The maximum Gasteiger partial charge on any atom is 0.284 e. The highest BCUT2D eigenvalue weighted by Gasteiger charge is 2.08. The Morgan fingerprint density at radius 2 is 2.50 bits per heavy atom. The summed E-state index contributed by atoms with van der Waals surface area (Å²) >= 11 is 0. The number of nitrogens with zero attached hydrogens (tertiary/aromatic N) is 2. The van der Waals surface area contributed by atoms with Crippen LogP contribution in [0.25, 0.3) is 0 Å². The van der Waals surface area contributed by atoms with Crippen molar-refractivity contribution in [1.29, 1.82) is 5.26 Å². The summed E-state index contributed by atoms with van der Waals surface area (Å²) in [7, 11) is 0. The van der Waals surface area contributed by atoms with Crippen LogP contribution in [0.3, 0.4) is 0 Å². The molecule has 0 atom stereocenters. The molecule has 0 saturated carbocycles. The van der Waals surface area contributed by atoms with Gasteiger partial charge in [0.15, 0.2) is 0 Å². The van der Waals surface area contributed by atoms with Gasteiger partial charge in [-0.05, 0) is 6.92 Å². The Bertz CT molecular complexity index is 192. The van der Waals surface area contributed by atoms with Gasteiger partial charge in [-0.25, -0.2) is 0 Å². The molecule has 0 aliphatic rings. The van der Waals surface area contributed by atoms with E-state index in [1.165, 1.54) is 6.07 Å². The summed E-state index contributed by atoms with van der Waals surface area (Å²) in [5.41, 5.74) is -0.526. The van der Waals surface area contributed by atoms with Gasteiger partial charge in [0.25, 0.3) is 5.91 Å². The van der Waals surface area contributed by atoms with E-state index in [-0.39, 0.29) is 0 Å². The summed E-state index contributed by atoms with van der Waals surface area (Å²) < 4.78 is 0.